The Bertz CT molecular complexity index is 529. The molecule has 0 saturated carbocycles. The van der Waals surface area contributed by atoms with E-state index in [1.165, 1.54) is 12.1 Å². The lowest BCUT2D eigenvalue weighted by Gasteiger charge is -2.02. The molecule has 0 aliphatic heterocycles. The fraction of sp³-hybridized carbons (Fsp3) is 0.273. The van der Waals surface area contributed by atoms with Gasteiger partial charge in [0.1, 0.15) is 5.82 Å². The molecule has 0 spiro atoms. The lowest BCUT2D eigenvalue weighted by Crippen LogP contribution is -2.12. The molecule has 1 atom stereocenters. The molecule has 0 bridgehead atoms. The molecular weight excluding hydrogens is 245 g/mol. The standard InChI is InChI=1S/C11H11ClFN3O/c1-6(14-2)10-15-16-11(17-10)7-3-4-8(12)9(13)5-7/h3-6,14H,1-2H3. The first-order valence-electron chi connectivity index (χ1n) is 5.08. The van der Waals surface area contributed by atoms with Crippen molar-refractivity contribution in [1.29, 1.82) is 0 Å². The van der Waals surface area contributed by atoms with Crippen LogP contribution < -0.4 is 5.32 Å². The maximum atomic E-state index is 13.3. The van der Waals surface area contributed by atoms with Gasteiger partial charge in [-0.3, -0.25) is 0 Å². The van der Waals surface area contributed by atoms with E-state index < -0.39 is 5.82 Å². The minimum absolute atomic E-state index is 0.0478. The molecule has 0 aliphatic rings. The number of aromatic nitrogens is 2. The van der Waals surface area contributed by atoms with Gasteiger partial charge in [-0.1, -0.05) is 11.6 Å². The first-order valence-corrected chi connectivity index (χ1v) is 5.45. The van der Waals surface area contributed by atoms with Crippen LogP contribution in [0.15, 0.2) is 22.6 Å². The molecule has 0 radical (unpaired) electrons. The summed E-state index contributed by atoms with van der Waals surface area (Å²) in [5.74, 6) is 0.223. The zero-order chi connectivity index (χ0) is 12.4. The van der Waals surface area contributed by atoms with Gasteiger partial charge in [-0.2, -0.15) is 0 Å². The second-order valence-corrected chi connectivity index (χ2v) is 3.99. The van der Waals surface area contributed by atoms with Crippen LogP contribution in [0.5, 0.6) is 0 Å². The van der Waals surface area contributed by atoms with Crippen molar-refractivity contribution in [3.63, 3.8) is 0 Å². The van der Waals surface area contributed by atoms with Gasteiger partial charge in [-0.15, -0.1) is 10.2 Å². The minimum Gasteiger partial charge on any atom is -0.419 e. The molecule has 1 aromatic carbocycles. The molecule has 0 fully saturated rings. The molecule has 1 heterocycles. The maximum absolute atomic E-state index is 13.3. The summed E-state index contributed by atoms with van der Waals surface area (Å²) in [5.41, 5.74) is 0.508. The summed E-state index contributed by atoms with van der Waals surface area (Å²) in [6, 6.07) is 4.31. The van der Waals surface area contributed by atoms with Crippen LogP contribution in [0.25, 0.3) is 11.5 Å². The van der Waals surface area contributed by atoms with Gasteiger partial charge < -0.3 is 9.73 Å². The van der Waals surface area contributed by atoms with Crippen LogP contribution >= 0.6 is 11.6 Å². The smallest absolute Gasteiger partial charge is 0.247 e. The highest BCUT2D eigenvalue weighted by Gasteiger charge is 2.14. The summed E-state index contributed by atoms with van der Waals surface area (Å²) < 4.78 is 18.7. The average Bonchev–Trinajstić information content (AvgIpc) is 2.81. The zero-order valence-electron chi connectivity index (χ0n) is 9.37. The van der Waals surface area contributed by atoms with Crippen LogP contribution in [0.1, 0.15) is 18.9 Å². The summed E-state index contributed by atoms with van der Waals surface area (Å²) in [6.45, 7) is 1.89. The quantitative estimate of drug-likeness (QED) is 0.916. The fourth-order valence-corrected chi connectivity index (χ4v) is 1.40. The summed E-state index contributed by atoms with van der Waals surface area (Å²) in [6.07, 6.45) is 0. The number of hydrogen-bond donors (Lipinski definition) is 1. The Balaban J connectivity index is 2.33. The van der Waals surface area contributed by atoms with E-state index >= 15 is 0 Å². The topological polar surface area (TPSA) is 51.0 Å². The number of rotatable bonds is 3. The van der Waals surface area contributed by atoms with E-state index in [2.05, 4.69) is 15.5 Å². The Morgan fingerprint density at radius 1 is 1.41 bits per heavy atom. The van der Waals surface area contributed by atoms with Crippen LogP contribution in [-0.2, 0) is 0 Å². The second-order valence-electron chi connectivity index (χ2n) is 3.58. The molecule has 90 valence electrons. The molecule has 1 unspecified atom stereocenters. The first-order chi connectivity index (χ1) is 8.11. The van der Waals surface area contributed by atoms with Crippen molar-refractivity contribution in [2.24, 2.45) is 0 Å². The van der Waals surface area contributed by atoms with E-state index in [0.717, 1.165) is 0 Å². The van der Waals surface area contributed by atoms with Gasteiger partial charge in [0, 0.05) is 5.56 Å². The number of halogens is 2. The van der Waals surface area contributed by atoms with E-state index in [4.69, 9.17) is 16.0 Å². The third-order valence-electron chi connectivity index (χ3n) is 2.41. The molecule has 0 saturated heterocycles. The lowest BCUT2D eigenvalue weighted by atomic mass is 10.2. The summed E-state index contributed by atoms with van der Waals surface area (Å²) in [5, 5.41) is 10.8. The molecule has 4 nitrogen and oxygen atoms in total. The van der Waals surface area contributed by atoms with Crippen LogP contribution in [0.2, 0.25) is 5.02 Å². The normalized spacial score (nSPS) is 12.7. The van der Waals surface area contributed by atoms with Crippen molar-refractivity contribution >= 4 is 11.6 Å². The maximum Gasteiger partial charge on any atom is 0.247 e. The van der Waals surface area contributed by atoms with Crippen molar-refractivity contribution in [3.8, 4) is 11.5 Å². The molecule has 6 heteroatoms. The number of nitrogens with one attached hydrogen (secondary N) is 1. The lowest BCUT2D eigenvalue weighted by molar-refractivity contribution is 0.441. The van der Waals surface area contributed by atoms with E-state index in [-0.39, 0.29) is 17.0 Å². The first kappa shape index (κ1) is 12.0. The zero-order valence-corrected chi connectivity index (χ0v) is 10.1. The molecule has 0 amide bonds. The van der Waals surface area contributed by atoms with Gasteiger partial charge in [-0.25, -0.2) is 4.39 Å². The van der Waals surface area contributed by atoms with Crippen LogP contribution in [-0.4, -0.2) is 17.2 Å². The minimum atomic E-state index is -0.509. The van der Waals surface area contributed by atoms with Crippen molar-refractivity contribution < 1.29 is 8.81 Å². The van der Waals surface area contributed by atoms with Crippen LogP contribution in [0, 0.1) is 5.82 Å². The molecule has 2 aromatic rings. The third kappa shape index (κ3) is 2.45. The molecule has 0 aliphatic carbocycles. The van der Waals surface area contributed by atoms with Crippen molar-refractivity contribution in [2.75, 3.05) is 7.05 Å². The largest absolute Gasteiger partial charge is 0.419 e. The SMILES string of the molecule is CNC(C)c1nnc(-c2ccc(Cl)c(F)c2)o1. The van der Waals surface area contributed by atoms with Crippen molar-refractivity contribution in [2.45, 2.75) is 13.0 Å². The molecule has 17 heavy (non-hydrogen) atoms. The molecule has 1 aromatic heterocycles. The predicted octanol–water partition coefficient (Wildman–Crippen LogP) is 2.81. The monoisotopic (exact) mass is 255 g/mol. The van der Waals surface area contributed by atoms with Gasteiger partial charge in [0.2, 0.25) is 11.8 Å². The van der Waals surface area contributed by atoms with Crippen LogP contribution in [0.3, 0.4) is 0 Å². The van der Waals surface area contributed by atoms with Crippen molar-refractivity contribution in [3.05, 3.63) is 34.9 Å². The Labute approximate surface area is 103 Å². The van der Waals surface area contributed by atoms with E-state index in [9.17, 15) is 4.39 Å². The number of benzene rings is 1. The van der Waals surface area contributed by atoms with Gasteiger partial charge in [0.15, 0.2) is 0 Å². The summed E-state index contributed by atoms with van der Waals surface area (Å²) in [4.78, 5) is 0. The van der Waals surface area contributed by atoms with Crippen LogP contribution in [0.4, 0.5) is 4.39 Å². The second kappa shape index (κ2) is 4.81. The fourth-order valence-electron chi connectivity index (χ4n) is 1.28. The summed E-state index contributed by atoms with van der Waals surface area (Å²) >= 11 is 5.59. The highest BCUT2D eigenvalue weighted by atomic mass is 35.5. The third-order valence-corrected chi connectivity index (χ3v) is 2.72. The van der Waals surface area contributed by atoms with Crippen molar-refractivity contribution in [1.82, 2.24) is 15.5 Å². The van der Waals surface area contributed by atoms with Gasteiger partial charge in [0.25, 0.3) is 0 Å². The van der Waals surface area contributed by atoms with Gasteiger partial charge >= 0.3 is 0 Å². The molecule has 2 rings (SSSR count). The Hall–Kier alpha value is -1.46. The predicted molar refractivity (Wildman–Crippen MR) is 62.2 cm³/mol. The molecular formula is C11H11ClFN3O. The van der Waals surface area contributed by atoms with Gasteiger partial charge in [-0.05, 0) is 32.2 Å². The van der Waals surface area contributed by atoms with Gasteiger partial charge in [0.05, 0.1) is 11.1 Å². The summed E-state index contributed by atoms with van der Waals surface area (Å²) in [7, 11) is 1.79. The van der Waals surface area contributed by atoms with E-state index in [1.54, 1.807) is 13.1 Å². The Morgan fingerprint density at radius 3 is 2.82 bits per heavy atom. The number of nitrogens with zero attached hydrogens (tertiary/aromatic N) is 2. The van der Waals surface area contributed by atoms with E-state index in [0.29, 0.717) is 11.5 Å². The van der Waals surface area contributed by atoms with E-state index in [1.807, 2.05) is 6.92 Å². The average molecular weight is 256 g/mol. The molecule has 1 N–H and O–H groups in total. The Morgan fingerprint density at radius 2 is 2.18 bits per heavy atom. The highest BCUT2D eigenvalue weighted by Crippen LogP contribution is 2.24. The highest BCUT2D eigenvalue weighted by molar-refractivity contribution is 6.30. The number of hydrogen-bond acceptors (Lipinski definition) is 4. The Kier molecular flexibility index (Phi) is 3.40.